The van der Waals surface area contributed by atoms with Gasteiger partial charge < -0.3 is 15.4 Å². The summed E-state index contributed by atoms with van der Waals surface area (Å²) in [4.78, 5) is 10.9. The van der Waals surface area contributed by atoms with Crippen LogP contribution in [0.3, 0.4) is 0 Å². The molecule has 7 heteroatoms. The summed E-state index contributed by atoms with van der Waals surface area (Å²) in [5, 5.41) is 5.24. The van der Waals surface area contributed by atoms with E-state index in [4.69, 9.17) is 0 Å². The van der Waals surface area contributed by atoms with E-state index in [1.54, 1.807) is 6.92 Å². The van der Waals surface area contributed by atoms with Crippen LogP contribution in [0.4, 0.5) is 23.7 Å². The molecule has 106 valence electrons. The van der Waals surface area contributed by atoms with Crippen LogP contribution < -0.4 is 10.6 Å². The van der Waals surface area contributed by atoms with E-state index in [0.717, 1.165) is 12.1 Å². The van der Waals surface area contributed by atoms with E-state index in [1.807, 2.05) is 0 Å². The average Bonchev–Trinajstić information content (AvgIpc) is 2.34. The van der Waals surface area contributed by atoms with E-state index in [0.29, 0.717) is 12.2 Å². The Hall–Kier alpha value is -1.92. The zero-order valence-electron chi connectivity index (χ0n) is 10.4. The summed E-state index contributed by atoms with van der Waals surface area (Å²) < 4.78 is 42.0. The smallest absolute Gasteiger partial charge is 0.416 e. The maximum Gasteiger partial charge on any atom is 0.416 e. The first-order chi connectivity index (χ1) is 8.93. The Kier molecular flexibility index (Phi) is 5.47. The predicted molar refractivity (Wildman–Crippen MR) is 65.0 cm³/mol. The molecule has 4 nitrogen and oxygen atoms in total. The normalized spacial score (nSPS) is 10.9. The standard InChI is InChI=1S/C12H15F3N2O2/c1-2-19-11(18)17-7-6-16-10-5-3-4-9(8-10)12(13,14)15/h3-5,8,16H,2,6-7H2,1H3,(H,17,18). The molecule has 1 aromatic rings. The van der Waals surface area contributed by atoms with Crippen LogP contribution >= 0.6 is 0 Å². The largest absolute Gasteiger partial charge is 0.450 e. The lowest BCUT2D eigenvalue weighted by molar-refractivity contribution is -0.137. The summed E-state index contributed by atoms with van der Waals surface area (Å²) in [6.07, 6.45) is -4.91. The number of alkyl halides is 3. The minimum atomic E-state index is -4.36. The van der Waals surface area contributed by atoms with Gasteiger partial charge in [0.05, 0.1) is 12.2 Å². The van der Waals surface area contributed by atoms with Gasteiger partial charge in [-0.3, -0.25) is 0 Å². The summed E-state index contributed by atoms with van der Waals surface area (Å²) in [6.45, 7) is 2.52. The molecule has 0 saturated heterocycles. The fraction of sp³-hybridized carbons (Fsp3) is 0.417. The van der Waals surface area contributed by atoms with Crippen molar-refractivity contribution in [1.82, 2.24) is 5.32 Å². The van der Waals surface area contributed by atoms with Crippen molar-refractivity contribution in [2.45, 2.75) is 13.1 Å². The van der Waals surface area contributed by atoms with Gasteiger partial charge >= 0.3 is 12.3 Å². The van der Waals surface area contributed by atoms with Crippen LogP contribution in [0.15, 0.2) is 24.3 Å². The molecule has 0 spiro atoms. The number of carbonyl (C=O) groups excluding carboxylic acids is 1. The molecule has 2 N–H and O–H groups in total. The molecule has 0 aliphatic heterocycles. The van der Waals surface area contributed by atoms with Crippen LogP contribution in [-0.4, -0.2) is 25.8 Å². The van der Waals surface area contributed by atoms with Gasteiger partial charge in [-0.1, -0.05) is 6.07 Å². The molecular weight excluding hydrogens is 261 g/mol. The Morgan fingerprint density at radius 3 is 2.68 bits per heavy atom. The summed E-state index contributed by atoms with van der Waals surface area (Å²) >= 11 is 0. The second-order valence-corrected chi connectivity index (χ2v) is 3.65. The molecule has 1 rings (SSSR count). The number of rotatable bonds is 5. The third-order valence-corrected chi connectivity index (χ3v) is 2.19. The number of hydrogen-bond acceptors (Lipinski definition) is 3. The van der Waals surface area contributed by atoms with Crippen molar-refractivity contribution in [1.29, 1.82) is 0 Å². The molecule has 19 heavy (non-hydrogen) atoms. The van der Waals surface area contributed by atoms with E-state index < -0.39 is 17.8 Å². The molecular formula is C12H15F3N2O2. The lowest BCUT2D eigenvalue weighted by atomic mass is 10.2. The lowest BCUT2D eigenvalue weighted by Gasteiger charge is -2.11. The number of carbonyl (C=O) groups is 1. The molecule has 0 fully saturated rings. The van der Waals surface area contributed by atoms with Crippen molar-refractivity contribution in [3.05, 3.63) is 29.8 Å². The molecule has 0 atom stereocenters. The van der Waals surface area contributed by atoms with Crippen LogP contribution in [0.5, 0.6) is 0 Å². The summed E-state index contributed by atoms with van der Waals surface area (Å²) in [5.41, 5.74) is -0.365. The first-order valence-corrected chi connectivity index (χ1v) is 5.75. The van der Waals surface area contributed by atoms with E-state index >= 15 is 0 Å². The molecule has 0 unspecified atom stereocenters. The fourth-order valence-electron chi connectivity index (χ4n) is 1.36. The van der Waals surface area contributed by atoms with Crippen LogP contribution in [0.2, 0.25) is 0 Å². The number of nitrogens with one attached hydrogen (secondary N) is 2. The van der Waals surface area contributed by atoms with Gasteiger partial charge in [0.15, 0.2) is 0 Å². The number of hydrogen-bond donors (Lipinski definition) is 2. The van der Waals surface area contributed by atoms with Gasteiger partial charge in [0.25, 0.3) is 0 Å². The number of alkyl carbamates (subject to hydrolysis) is 1. The molecule has 0 aliphatic carbocycles. The minimum absolute atomic E-state index is 0.259. The van der Waals surface area contributed by atoms with Crippen molar-refractivity contribution < 1.29 is 22.7 Å². The molecule has 0 bridgehead atoms. The Labute approximate surface area is 108 Å². The van der Waals surface area contributed by atoms with Gasteiger partial charge in [-0.2, -0.15) is 13.2 Å². The Morgan fingerprint density at radius 2 is 2.05 bits per heavy atom. The molecule has 1 aromatic carbocycles. The molecule has 1 amide bonds. The number of ether oxygens (including phenoxy) is 1. The van der Waals surface area contributed by atoms with Gasteiger partial charge in [-0.05, 0) is 25.1 Å². The van der Waals surface area contributed by atoms with Gasteiger partial charge in [0.1, 0.15) is 0 Å². The number of amides is 1. The SMILES string of the molecule is CCOC(=O)NCCNc1cccc(C(F)(F)F)c1. The first-order valence-electron chi connectivity index (χ1n) is 5.75. The fourth-order valence-corrected chi connectivity index (χ4v) is 1.36. The third kappa shape index (κ3) is 5.50. The molecule has 0 heterocycles. The summed E-state index contributed by atoms with van der Waals surface area (Å²) in [6, 6.07) is 4.87. The highest BCUT2D eigenvalue weighted by atomic mass is 19.4. The highest BCUT2D eigenvalue weighted by molar-refractivity contribution is 5.67. The lowest BCUT2D eigenvalue weighted by Crippen LogP contribution is -2.29. The average molecular weight is 276 g/mol. The van der Waals surface area contributed by atoms with Crippen molar-refractivity contribution >= 4 is 11.8 Å². The van der Waals surface area contributed by atoms with Crippen LogP contribution in [0, 0.1) is 0 Å². The quantitative estimate of drug-likeness (QED) is 0.813. The van der Waals surface area contributed by atoms with Crippen LogP contribution in [0.1, 0.15) is 12.5 Å². The Balaban J connectivity index is 2.40. The van der Waals surface area contributed by atoms with E-state index in [2.05, 4.69) is 15.4 Å². The summed E-state index contributed by atoms with van der Waals surface area (Å²) in [5.74, 6) is 0. The van der Waals surface area contributed by atoms with Crippen LogP contribution in [-0.2, 0) is 10.9 Å². The monoisotopic (exact) mass is 276 g/mol. The molecule has 0 aliphatic rings. The maximum absolute atomic E-state index is 12.4. The van der Waals surface area contributed by atoms with E-state index in [-0.39, 0.29) is 13.2 Å². The highest BCUT2D eigenvalue weighted by Gasteiger charge is 2.30. The zero-order valence-corrected chi connectivity index (χ0v) is 10.4. The Morgan fingerprint density at radius 1 is 1.32 bits per heavy atom. The van der Waals surface area contributed by atoms with Crippen molar-refractivity contribution in [2.24, 2.45) is 0 Å². The number of anilines is 1. The highest BCUT2D eigenvalue weighted by Crippen LogP contribution is 2.30. The van der Waals surface area contributed by atoms with E-state index in [1.165, 1.54) is 12.1 Å². The molecule has 0 radical (unpaired) electrons. The second-order valence-electron chi connectivity index (χ2n) is 3.65. The number of halogens is 3. The first kappa shape index (κ1) is 15.1. The van der Waals surface area contributed by atoms with Gasteiger partial charge in [-0.15, -0.1) is 0 Å². The van der Waals surface area contributed by atoms with Crippen LogP contribution in [0.25, 0.3) is 0 Å². The van der Waals surface area contributed by atoms with Gasteiger partial charge in [0.2, 0.25) is 0 Å². The Bertz CT molecular complexity index is 422. The molecule has 0 saturated carbocycles. The molecule has 0 aromatic heterocycles. The second kappa shape index (κ2) is 6.86. The van der Waals surface area contributed by atoms with Gasteiger partial charge in [-0.25, -0.2) is 4.79 Å². The minimum Gasteiger partial charge on any atom is -0.450 e. The van der Waals surface area contributed by atoms with Crippen molar-refractivity contribution in [3.63, 3.8) is 0 Å². The zero-order chi connectivity index (χ0) is 14.3. The van der Waals surface area contributed by atoms with Crippen molar-refractivity contribution in [2.75, 3.05) is 25.0 Å². The number of benzene rings is 1. The van der Waals surface area contributed by atoms with Gasteiger partial charge in [0, 0.05) is 18.8 Å². The maximum atomic E-state index is 12.4. The predicted octanol–water partition coefficient (Wildman–Crippen LogP) is 2.86. The van der Waals surface area contributed by atoms with Crippen molar-refractivity contribution in [3.8, 4) is 0 Å². The van der Waals surface area contributed by atoms with E-state index in [9.17, 15) is 18.0 Å². The summed E-state index contributed by atoms with van der Waals surface area (Å²) in [7, 11) is 0. The topological polar surface area (TPSA) is 50.4 Å². The third-order valence-electron chi connectivity index (χ3n) is 2.19.